The van der Waals surface area contributed by atoms with Crippen LogP contribution < -0.4 is 0 Å². The molecule has 1 saturated carbocycles. The second-order valence-corrected chi connectivity index (χ2v) is 9.22. The smallest absolute Gasteiger partial charge is 0.226 e. The van der Waals surface area contributed by atoms with Crippen molar-refractivity contribution in [2.24, 2.45) is 11.8 Å². The maximum absolute atomic E-state index is 13.7. The second kappa shape index (κ2) is 10.4. The van der Waals surface area contributed by atoms with Crippen LogP contribution in [0.4, 0.5) is 8.78 Å². The number of rotatable bonds is 8. The molecule has 1 N–H and O–H groups in total. The summed E-state index contributed by atoms with van der Waals surface area (Å²) in [5, 5.41) is 7.96. The van der Waals surface area contributed by atoms with Crippen LogP contribution in [-0.2, 0) is 9.53 Å². The van der Waals surface area contributed by atoms with Gasteiger partial charge in [0, 0.05) is 18.0 Å². The fourth-order valence-corrected chi connectivity index (χ4v) is 4.43. The number of amides is 1. The number of likely N-dealkylation sites (tertiary alicyclic amines) is 1. The molecule has 0 aromatic heterocycles. The van der Waals surface area contributed by atoms with E-state index in [0.717, 1.165) is 18.9 Å². The molecule has 1 aliphatic heterocycles. The van der Waals surface area contributed by atoms with Gasteiger partial charge in [0.05, 0.1) is 11.8 Å². The molecule has 1 aromatic rings. The van der Waals surface area contributed by atoms with E-state index in [1.807, 2.05) is 24.0 Å². The van der Waals surface area contributed by atoms with Crippen molar-refractivity contribution in [2.45, 2.75) is 78.0 Å². The van der Waals surface area contributed by atoms with Crippen LogP contribution in [0.2, 0.25) is 0 Å². The van der Waals surface area contributed by atoms with Gasteiger partial charge in [0.25, 0.3) is 0 Å². The zero-order valence-electron chi connectivity index (χ0n) is 19.4. The fourth-order valence-electron chi connectivity index (χ4n) is 4.43. The van der Waals surface area contributed by atoms with Crippen molar-refractivity contribution in [2.75, 3.05) is 0 Å². The van der Waals surface area contributed by atoms with Crippen LogP contribution >= 0.6 is 0 Å². The Morgan fingerprint density at radius 3 is 2.50 bits per heavy atom. The Kier molecular flexibility index (Phi) is 7.86. The summed E-state index contributed by atoms with van der Waals surface area (Å²) >= 11 is 0. The zero-order valence-corrected chi connectivity index (χ0v) is 19.4. The molecule has 1 saturated heterocycles. The third-order valence-corrected chi connectivity index (χ3v) is 6.63. The Balaban J connectivity index is 1.62. The molecule has 1 aromatic carbocycles. The Bertz CT molecular complexity index is 885. The van der Waals surface area contributed by atoms with Crippen LogP contribution in [0.3, 0.4) is 0 Å². The minimum atomic E-state index is -0.618. The lowest BCUT2D eigenvalue weighted by Crippen LogP contribution is -2.46. The molecule has 32 heavy (non-hydrogen) atoms. The first-order valence-electron chi connectivity index (χ1n) is 11.6. The van der Waals surface area contributed by atoms with Gasteiger partial charge in [0.1, 0.15) is 23.5 Å². The molecule has 3 unspecified atom stereocenters. The lowest BCUT2D eigenvalue weighted by molar-refractivity contribution is -0.145. The molecule has 0 spiro atoms. The molecule has 0 radical (unpaired) electrons. The first-order chi connectivity index (χ1) is 15.2. The number of hydrogen-bond donors (Lipinski definition) is 1. The summed E-state index contributed by atoms with van der Waals surface area (Å²) in [7, 11) is 0. The topological polar surface area (TPSA) is 53.4 Å². The van der Waals surface area contributed by atoms with Crippen molar-refractivity contribution in [1.82, 2.24) is 4.90 Å². The van der Waals surface area contributed by atoms with E-state index in [2.05, 4.69) is 19.9 Å². The summed E-state index contributed by atoms with van der Waals surface area (Å²) in [6.45, 7) is 7.94. The lowest BCUT2D eigenvalue weighted by Gasteiger charge is -2.40. The molecule has 4 nitrogen and oxygen atoms in total. The van der Waals surface area contributed by atoms with Gasteiger partial charge in [-0.25, -0.2) is 8.78 Å². The Hall–Kier alpha value is -2.50. The third kappa shape index (κ3) is 5.64. The normalized spacial score (nSPS) is 26.8. The highest BCUT2D eigenvalue weighted by atomic mass is 19.1. The van der Waals surface area contributed by atoms with Crippen molar-refractivity contribution in [3.63, 3.8) is 0 Å². The molecule has 2 fully saturated rings. The minimum absolute atomic E-state index is 0.0262. The molecule has 1 aliphatic carbocycles. The van der Waals surface area contributed by atoms with Crippen molar-refractivity contribution >= 4 is 11.6 Å². The van der Waals surface area contributed by atoms with Gasteiger partial charge in [-0.05, 0) is 69.2 Å². The summed E-state index contributed by atoms with van der Waals surface area (Å²) in [6.07, 6.45) is 9.47. The van der Waals surface area contributed by atoms with Crippen LogP contribution in [0.1, 0.15) is 71.4 Å². The number of carbonyl (C=O) groups is 1. The van der Waals surface area contributed by atoms with E-state index in [-0.39, 0.29) is 30.0 Å². The summed E-state index contributed by atoms with van der Waals surface area (Å²) in [5.41, 5.74) is 0.875. The van der Waals surface area contributed by atoms with Gasteiger partial charge in [-0.3, -0.25) is 4.79 Å². The average Bonchev–Trinajstić information content (AvgIpc) is 3.08. The standard InChI is InChI=1S/C26H34F2N2O2/c1-5-16(2)7-6-8-25(18(4)29)32-23-13-20(14-23)26(31)30-17(3)9-10-24(30)19-11-21(27)15-22(28)12-19/h6-8,11-12,15-17,20,23-24,29H,5,9-10,13-14H2,1-4H3/b7-6-,25-8+,29-18?. The van der Waals surface area contributed by atoms with Gasteiger partial charge in [0.2, 0.25) is 5.91 Å². The summed E-state index contributed by atoms with van der Waals surface area (Å²) in [6, 6.07) is 3.25. The largest absolute Gasteiger partial charge is 0.489 e. The lowest BCUT2D eigenvalue weighted by atomic mass is 9.80. The molecular weight excluding hydrogens is 410 g/mol. The van der Waals surface area contributed by atoms with E-state index >= 15 is 0 Å². The monoisotopic (exact) mass is 444 g/mol. The quantitative estimate of drug-likeness (QED) is 0.289. The summed E-state index contributed by atoms with van der Waals surface area (Å²) in [5.74, 6) is -0.377. The molecule has 174 valence electrons. The van der Waals surface area contributed by atoms with Crippen LogP contribution in [0, 0.1) is 28.9 Å². The van der Waals surface area contributed by atoms with E-state index in [4.69, 9.17) is 10.1 Å². The van der Waals surface area contributed by atoms with Gasteiger partial charge in [0.15, 0.2) is 0 Å². The number of nitrogens with one attached hydrogen (secondary N) is 1. The maximum atomic E-state index is 13.7. The minimum Gasteiger partial charge on any atom is -0.489 e. The molecule has 0 bridgehead atoms. The SMILES string of the molecule is CCC(C)/C=C\C=C(\OC1CC(C(=O)N2C(C)CCC2c2cc(F)cc(F)c2)C1)C(C)=N. The molecule has 2 aliphatic rings. The van der Waals surface area contributed by atoms with Crippen molar-refractivity contribution in [3.05, 3.63) is 59.4 Å². The Morgan fingerprint density at radius 1 is 1.25 bits per heavy atom. The number of halogens is 2. The van der Waals surface area contributed by atoms with Gasteiger partial charge < -0.3 is 15.0 Å². The van der Waals surface area contributed by atoms with Crippen LogP contribution in [0.15, 0.2) is 42.2 Å². The molecule has 6 heteroatoms. The maximum Gasteiger partial charge on any atom is 0.226 e. The van der Waals surface area contributed by atoms with E-state index in [1.165, 1.54) is 12.1 Å². The average molecular weight is 445 g/mol. The van der Waals surface area contributed by atoms with Crippen molar-refractivity contribution in [1.29, 1.82) is 5.41 Å². The number of benzene rings is 1. The molecule has 1 amide bonds. The second-order valence-electron chi connectivity index (χ2n) is 9.22. The van der Waals surface area contributed by atoms with Gasteiger partial charge >= 0.3 is 0 Å². The van der Waals surface area contributed by atoms with Crippen molar-refractivity contribution in [3.8, 4) is 0 Å². The number of carbonyl (C=O) groups excluding carboxylic acids is 1. The van der Waals surface area contributed by atoms with E-state index in [0.29, 0.717) is 42.2 Å². The van der Waals surface area contributed by atoms with Crippen molar-refractivity contribution < 1.29 is 18.3 Å². The van der Waals surface area contributed by atoms with E-state index < -0.39 is 11.6 Å². The van der Waals surface area contributed by atoms with E-state index in [1.54, 1.807) is 6.92 Å². The fraction of sp³-hybridized carbons (Fsp3) is 0.538. The predicted molar refractivity (Wildman–Crippen MR) is 122 cm³/mol. The summed E-state index contributed by atoms with van der Waals surface area (Å²) < 4.78 is 33.5. The number of ether oxygens (including phenoxy) is 1. The summed E-state index contributed by atoms with van der Waals surface area (Å²) in [4.78, 5) is 15.1. The zero-order chi connectivity index (χ0) is 23.4. The van der Waals surface area contributed by atoms with Crippen LogP contribution in [-0.4, -0.2) is 28.7 Å². The highest BCUT2D eigenvalue weighted by molar-refractivity contribution is 5.94. The number of nitrogens with zero attached hydrogens (tertiary/aromatic N) is 1. The van der Waals surface area contributed by atoms with E-state index in [9.17, 15) is 13.6 Å². The van der Waals surface area contributed by atoms with Crippen LogP contribution in [0.25, 0.3) is 0 Å². The third-order valence-electron chi connectivity index (χ3n) is 6.63. The molecule has 3 atom stereocenters. The molecular formula is C26H34F2N2O2. The highest BCUT2D eigenvalue weighted by Gasteiger charge is 2.44. The number of hydrogen-bond acceptors (Lipinski definition) is 3. The highest BCUT2D eigenvalue weighted by Crippen LogP contribution is 2.41. The number of allylic oxidation sites excluding steroid dienone is 4. The molecule has 3 rings (SSSR count). The Morgan fingerprint density at radius 2 is 1.91 bits per heavy atom. The first kappa shape index (κ1) is 24.1. The van der Waals surface area contributed by atoms with Gasteiger partial charge in [-0.1, -0.05) is 32.4 Å². The van der Waals surface area contributed by atoms with Gasteiger partial charge in [-0.2, -0.15) is 0 Å². The van der Waals surface area contributed by atoms with Crippen LogP contribution in [0.5, 0.6) is 0 Å². The first-order valence-corrected chi connectivity index (χ1v) is 11.6. The Labute approximate surface area is 189 Å². The van der Waals surface area contributed by atoms with Gasteiger partial charge in [-0.15, -0.1) is 0 Å². The molecule has 1 heterocycles. The predicted octanol–water partition coefficient (Wildman–Crippen LogP) is 6.34.